The number of nitrogens with zero attached hydrogens (tertiary/aromatic N) is 2. The van der Waals surface area contributed by atoms with E-state index in [0.717, 1.165) is 12.3 Å². The van der Waals surface area contributed by atoms with E-state index in [1.807, 2.05) is 12.5 Å². The van der Waals surface area contributed by atoms with Gasteiger partial charge in [0.25, 0.3) is 0 Å². The van der Waals surface area contributed by atoms with Gasteiger partial charge in [-0.05, 0) is 37.5 Å². The molecule has 0 radical (unpaired) electrons. The van der Waals surface area contributed by atoms with E-state index in [1.54, 1.807) is 0 Å². The Morgan fingerprint density at radius 3 is 2.82 bits per heavy atom. The van der Waals surface area contributed by atoms with E-state index in [0.29, 0.717) is 12.0 Å². The molecule has 1 heterocycles. The molecule has 3 unspecified atom stereocenters. The van der Waals surface area contributed by atoms with Gasteiger partial charge in [0.2, 0.25) is 0 Å². The second-order valence-corrected chi connectivity index (χ2v) is 6.03. The number of nitrogens with two attached hydrogens (primary N) is 1. The first-order valence-corrected chi connectivity index (χ1v) is 6.85. The molecule has 3 heteroatoms. The van der Waals surface area contributed by atoms with Crippen LogP contribution in [0.1, 0.15) is 64.2 Å². The average Bonchev–Trinajstić information content (AvgIpc) is 2.83. The van der Waals surface area contributed by atoms with Crippen molar-refractivity contribution in [1.82, 2.24) is 9.55 Å². The summed E-state index contributed by atoms with van der Waals surface area (Å²) in [5, 5.41) is 0. The molecule has 1 fully saturated rings. The summed E-state index contributed by atoms with van der Waals surface area (Å²) in [6.07, 6.45) is 8.85. The number of imidazole rings is 1. The van der Waals surface area contributed by atoms with Crippen LogP contribution in [-0.2, 0) is 0 Å². The largest absolute Gasteiger partial charge is 0.330 e. The number of rotatable bonds is 4. The Labute approximate surface area is 104 Å². The first kappa shape index (κ1) is 12.6. The minimum absolute atomic E-state index is 0.133. The highest BCUT2D eigenvalue weighted by atomic mass is 15.1. The van der Waals surface area contributed by atoms with Gasteiger partial charge in [-0.1, -0.05) is 20.8 Å². The summed E-state index contributed by atoms with van der Waals surface area (Å²) in [6, 6.07) is 0.758. The van der Waals surface area contributed by atoms with Crippen molar-refractivity contribution in [2.75, 3.05) is 0 Å². The van der Waals surface area contributed by atoms with Crippen LogP contribution in [-0.4, -0.2) is 9.55 Å². The molecule has 0 aromatic carbocycles. The van der Waals surface area contributed by atoms with E-state index in [1.165, 1.54) is 25.0 Å². The molecule has 0 saturated heterocycles. The normalized spacial score (nSPS) is 26.6. The van der Waals surface area contributed by atoms with Crippen LogP contribution < -0.4 is 5.73 Å². The Morgan fingerprint density at radius 1 is 1.47 bits per heavy atom. The fourth-order valence-corrected chi connectivity index (χ4v) is 2.97. The first-order valence-electron chi connectivity index (χ1n) is 6.85. The van der Waals surface area contributed by atoms with Crippen LogP contribution in [0.2, 0.25) is 0 Å². The van der Waals surface area contributed by atoms with Gasteiger partial charge in [0.05, 0.1) is 12.0 Å². The summed E-state index contributed by atoms with van der Waals surface area (Å²) in [5.41, 5.74) is 7.50. The van der Waals surface area contributed by atoms with Crippen molar-refractivity contribution in [3.05, 3.63) is 18.2 Å². The van der Waals surface area contributed by atoms with Crippen LogP contribution >= 0.6 is 0 Å². The molecule has 3 atom stereocenters. The molecule has 3 nitrogen and oxygen atoms in total. The van der Waals surface area contributed by atoms with Crippen molar-refractivity contribution in [2.45, 2.75) is 58.5 Å². The van der Waals surface area contributed by atoms with E-state index < -0.39 is 0 Å². The van der Waals surface area contributed by atoms with Gasteiger partial charge in [0.15, 0.2) is 0 Å². The lowest BCUT2D eigenvalue weighted by Crippen LogP contribution is -2.19. The van der Waals surface area contributed by atoms with Crippen molar-refractivity contribution in [2.24, 2.45) is 17.6 Å². The Hall–Kier alpha value is -0.830. The lowest BCUT2D eigenvalue weighted by molar-refractivity contribution is 0.437. The van der Waals surface area contributed by atoms with Gasteiger partial charge in [-0.25, -0.2) is 4.98 Å². The molecule has 0 spiro atoms. The molecule has 2 N–H and O–H groups in total. The van der Waals surface area contributed by atoms with Crippen molar-refractivity contribution >= 4 is 0 Å². The highest BCUT2D eigenvalue weighted by Gasteiger charge is 2.25. The van der Waals surface area contributed by atoms with Crippen LogP contribution in [0.3, 0.4) is 0 Å². The second-order valence-electron chi connectivity index (χ2n) is 6.03. The van der Waals surface area contributed by atoms with Crippen LogP contribution in [0.4, 0.5) is 0 Å². The summed E-state index contributed by atoms with van der Waals surface area (Å²) in [5.74, 6) is 1.48. The minimum Gasteiger partial charge on any atom is -0.330 e. The van der Waals surface area contributed by atoms with Crippen LogP contribution in [0.25, 0.3) is 0 Å². The maximum atomic E-state index is 6.28. The quantitative estimate of drug-likeness (QED) is 0.870. The van der Waals surface area contributed by atoms with Crippen molar-refractivity contribution in [3.8, 4) is 0 Å². The van der Waals surface area contributed by atoms with Gasteiger partial charge in [-0.3, -0.25) is 0 Å². The van der Waals surface area contributed by atoms with Gasteiger partial charge in [0.1, 0.15) is 0 Å². The molecular formula is C14H25N3. The van der Waals surface area contributed by atoms with Crippen LogP contribution in [0.5, 0.6) is 0 Å². The fourth-order valence-electron chi connectivity index (χ4n) is 2.97. The Bertz CT molecular complexity index is 356. The third-order valence-corrected chi connectivity index (χ3v) is 3.86. The minimum atomic E-state index is 0.133. The van der Waals surface area contributed by atoms with Crippen LogP contribution in [0.15, 0.2) is 12.5 Å². The third-order valence-electron chi connectivity index (χ3n) is 3.86. The molecule has 1 aromatic rings. The number of hydrogen-bond acceptors (Lipinski definition) is 2. The van der Waals surface area contributed by atoms with Gasteiger partial charge in [0, 0.05) is 18.3 Å². The first-order chi connectivity index (χ1) is 8.08. The van der Waals surface area contributed by atoms with Gasteiger partial charge >= 0.3 is 0 Å². The SMILES string of the molecule is CC(C)CC(N)c1cncn1C1CCC(C)C1. The van der Waals surface area contributed by atoms with Crippen molar-refractivity contribution < 1.29 is 0 Å². The number of aromatic nitrogens is 2. The average molecular weight is 235 g/mol. The van der Waals surface area contributed by atoms with Gasteiger partial charge in [-0.15, -0.1) is 0 Å². The van der Waals surface area contributed by atoms with Crippen molar-refractivity contribution in [1.29, 1.82) is 0 Å². The lowest BCUT2D eigenvalue weighted by atomic mass is 10.0. The number of hydrogen-bond donors (Lipinski definition) is 1. The smallest absolute Gasteiger partial charge is 0.0951 e. The van der Waals surface area contributed by atoms with E-state index in [4.69, 9.17) is 5.73 Å². The summed E-state index contributed by atoms with van der Waals surface area (Å²) < 4.78 is 2.33. The molecule has 1 aliphatic carbocycles. The van der Waals surface area contributed by atoms with E-state index in [2.05, 4.69) is 30.3 Å². The molecule has 0 bridgehead atoms. The third kappa shape index (κ3) is 2.89. The monoisotopic (exact) mass is 235 g/mol. The Morgan fingerprint density at radius 2 is 2.24 bits per heavy atom. The molecule has 0 aliphatic heterocycles. The van der Waals surface area contributed by atoms with E-state index in [-0.39, 0.29) is 6.04 Å². The zero-order chi connectivity index (χ0) is 12.4. The van der Waals surface area contributed by atoms with Gasteiger partial charge < -0.3 is 10.3 Å². The fraction of sp³-hybridized carbons (Fsp3) is 0.786. The molecule has 1 aromatic heterocycles. The molecule has 2 rings (SSSR count). The summed E-state index contributed by atoms with van der Waals surface area (Å²) >= 11 is 0. The predicted molar refractivity (Wildman–Crippen MR) is 70.7 cm³/mol. The Kier molecular flexibility index (Phi) is 3.87. The second kappa shape index (κ2) is 5.21. The molecule has 1 saturated carbocycles. The molecule has 1 aliphatic rings. The van der Waals surface area contributed by atoms with Crippen LogP contribution in [0, 0.1) is 11.8 Å². The van der Waals surface area contributed by atoms with Crippen molar-refractivity contribution in [3.63, 3.8) is 0 Å². The van der Waals surface area contributed by atoms with Gasteiger partial charge in [-0.2, -0.15) is 0 Å². The molecule has 17 heavy (non-hydrogen) atoms. The maximum Gasteiger partial charge on any atom is 0.0951 e. The predicted octanol–water partition coefficient (Wildman–Crippen LogP) is 3.29. The highest BCUT2D eigenvalue weighted by Crippen LogP contribution is 2.36. The topological polar surface area (TPSA) is 43.8 Å². The highest BCUT2D eigenvalue weighted by molar-refractivity contribution is 5.07. The zero-order valence-corrected chi connectivity index (χ0v) is 11.3. The summed E-state index contributed by atoms with van der Waals surface area (Å²) in [6.45, 7) is 6.78. The lowest BCUT2D eigenvalue weighted by Gasteiger charge is -2.20. The summed E-state index contributed by atoms with van der Waals surface area (Å²) in [7, 11) is 0. The Balaban J connectivity index is 2.11. The van der Waals surface area contributed by atoms with E-state index >= 15 is 0 Å². The summed E-state index contributed by atoms with van der Waals surface area (Å²) in [4.78, 5) is 4.30. The standard InChI is InChI=1S/C14H25N3/c1-10(2)6-13(15)14-8-16-9-17(14)12-5-4-11(3)7-12/h8-13H,4-7,15H2,1-3H3. The zero-order valence-electron chi connectivity index (χ0n) is 11.3. The molecule has 96 valence electrons. The molecule has 0 amide bonds. The molecular weight excluding hydrogens is 210 g/mol. The maximum absolute atomic E-state index is 6.28. The van der Waals surface area contributed by atoms with E-state index in [9.17, 15) is 0 Å².